The number of rotatable bonds is 6. The van der Waals surface area contributed by atoms with Crippen LogP contribution in [0.15, 0.2) is 11.5 Å². The standard InChI is InChI=1S/C13H26N2O4S/c1-10(2)20(17,18)9-11(8-15(6)7)14-12(16)19-13(3,4)5/h11H,1,8-9H2,2-7H3,(H,14,16)/t11-/m0/s1. The number of allylic oxidation sites excluding steroid dienone is 1. The zero-order valence-electron chi connectivity index (χ0n) is 13.2. The van der Waals surface area contributed by atoms with Crippen LogP contribution in [0.2, 0.25) is 0 Å². The first-order valence-corrected chi connectivity index (χ1v) is 8.01. The van der Waals surface area contributed by atoms with E-state index in [1.807, 2.05) is 0 Å². The Balaban J connectivity index is 4.83. The lowest BCUT2D eigenvalue weighted by Crippen LogP contribution is -2.47. The third-order valence-corrected chi connectivity index (χ3v) is 4.16. The Bertz CT molecular complexity index is 449. The number of nitrogens with zero attached hydrogens (tertiary/aromatic N) is 1. The van der Waals surface area contributed by atoms with Gasteiger partial charge < -0.3 is 15.0 Å². The summed E-state index contributed by atoms with van der Waals surface area (Å²) in [6.07, 6.45) is -0.624. The number of hydrogen-bond donors (Lipinski definition) is 1. The molecule has 6 nitrogen and oxygen atoms in total. The van der Waals surface area contributed by atoms with Gasteiger partial charge in [-0.25, -0.2) is 13.2 Å². The zero-order chi connectivity index (χ0) is 16.1. The van der Waals surface area contributed by atoms with Crippen LogP contribution in [-0.2, 0) is 14.6 Å². The zero-order valence-corrected chi connectivity index (χ0v) is 14.0. The van der Waals surface area contributed by atoms with E-state index in [1.54, 1.807) is 39.8 Å². The van der Waals surface area contributed by atoms with Crippen molar-refractivity contribution in [3.8, 4) is 0 Å². The lowest BCUT2D eigenvalue weighted by atomic mass is 10.2. The molecule has 0 heterocycles. The van der Waals surface area contributed by atoms with Crippen LogP contribution < -0.4 is 5.32 Å². The summed E-state index contributed by atoms with van der Waals surface area (Å²) in [5, 5.41) is 2.59. The molecule has 1 atom stereocenters. The van der Waals surface area contributed by atoms with E-state index in [0.29, 0.717) is 6.54 Å². The van der Waals surface area contributed by atoms with E-state index in [9.17, 15) is 13.2 Å². The molecule has 0 rings (SSSR count). The molecule has 0 unspecified atom stereocenters. The van der Waals surface area contributed by atoms with Gasteiger partial charge in [-0.15, -0.1) is 0 Å². The number of carbonyl (C=O) groups excluding carboxylic acids is 1. The minimum absolute atomic E-state index is 0.0900. The molecule has 0 fully saturated rings. The van der Waals surface area contributed by atoms with Crippen LogP contribution in [0, 0.1) is 0 Å². The smallest absolute Gasteiger partial charge is 0.407 e. The summed E-state index contributed by atoms with van der Waals surface area (Å²) in [6, 6.07) is -0.554. The van der Waals surface area contributed by atoms with Gasteiger partial charge >= 0.3 is 6.09 Å². The van der Waals surface area contributed by atoms with E-state index in [2.05, 4.69) is 11.9 Å². The number of alkyl carbamates (subject to hydrolysis) is 1. The second-order valence-electron chi connectivity index (χ2n) is 6.09. The first kappa shape index (κ1) is 18.9. The van der Waals surface area contributed by atoms with E-state index in [4.69, 9.17) is 4.74 Å². The minimum Gasteiger partial charge on any atom is -0.444 e. The van der Waals surface area contributed by atoms with Crippen LogP contribution in [0.25, 0.3) is 0 Å². The second kappa shape index (κ2) is 7.08. The molecule has 0 aliphatic heterocycles. The van der Waals surface area contributed by atoms with Crippen LogP contribution >= 0.6 is 0 Å². The SMILES string of the molecule is C=C(C)S(=O)(=O)C[C@H](CN(C)C)NC(=O)OC(C)(C)C. The van der Waals surface area contributed by atoms with Gasteiger partial charge in [-0.3, -0.25) is 0 Å². The van der Waals surface area contributed by atoms with Crippen molar-refractivity contribution in [3.63, 3.8) is 0 Å². The predicted octanol–water partition coefficient (Wildman–Crippen LogP) is 1.39. The fraction of sp³-hybridized carbons (Fsp3) is 0.769. The van der Waals surface area contributed by atoms with Crippen LogP contribution in [0.5, 0.6) is 0 Å². The Morgan fingerprint density at radius 1 is 1.35 bits per heavy atom. The molecule has 118 valence electrons. The van der Waals surface area contributed by atoms with E-state index < -0.39 is 27.6 Å². The number of amides is 1. The highest BCUT2D eigenvalue weighted by molar-refractivity contribution is 7.95. The number of sulfone groups is 1. The molecule has 7 heteroatoms. The largest absolute Gasteiger partial charge is 0.444 e. The number of carbonyl (C=O) groups is 1. The molecule has 0 aliphatic carbocycles. The third kappa shape index (κ3) is 8.16. The molecule has 0 spiro atoms. The summed E-state index contributed by atoms with van der Waals surface area (Å²) in [5.74, 6) is -0.195. The summed E-state index contributed by atoms with van der Waals surface area (Å²) >= 11 is 0. The summed E-state index contributed by atoms with van der Waals surface area (Å²) in [7, 11) is 0.182. The minimum atomic E-state index is -3.42. The average molecular weight is 306 g/mol. The van der Waals surface area contributed by atoms with Gasteiger partial charge in [-0.1, -0.05) is 6.58 Å². The molecule has 0 saturated carbocycles. The van der Waals surface area contributed by atoms with Crippen molar-refractivity contribution >= 4 is 15.9 Å². The third-order valence-electron chi connectivity index (χ3n) is 2.26. The van der Waals surface area contributed by atoms with Crippen molar-refractivity contribution in [2.45, 2.75) is 39.3 Å². The molecular weight excluding hydrogens is 280 g/mol. The Labute approximate surface area is 122 Å². The van der Waals surface area contributed by atoms with Gasteiger partial charge in [0, 0.05) is 11.4 Å². The van der Waals surface area contributed by atoms with Gasteiger partial charge in [0.25, 0.3) is 0 Å². The first-order chi connectivity index (χ1) is 8.83. The fourth-order valence-corrected chi connectivity index (χ4v) is 2.47. The van der Waals surface area contributed by atoms with Crippen LogP contribution in [0.1, 0.15) is 27.7 Å². The van der Waals surface area contributed by atoms with E-state index >= 15 is 0 Å². The van der Waals surface area contributed by atoms with Gasteiger partial charge in [-0.2, -0.15) is 0 Å². The van der Waals surface area contributed by atoms with Crippen LogP contribution in [0.4, 0.5) is 4.79 Å². The molecule has 0 radical (unpaired) electrons. The van der Waals surface area contributed by atoms with Crippen molar-refractivity contribution in [2.24, 2.45) is 0 Å². The predicted molar refractivity (Wildman–Crippen MR) is 80.3 cm³/mol. The Morgan fingerprint density at radius 2 is 1.85 bits per heavy atom. The lowest BCUT2D eigenvalue weighted by Gasteiger charge is -2.25. The molecule has 1 amide bonds. The quantitative estimate of drug-likeness (QED) is 0.802. The van der Waals surface area contributed by atoms with E-state index in [-0.39, 0.29) is 10.7 Å². The van der Waals surface area contributed by atoms with Crippen molar-refractivity contribution < 1.29 is 17.9 Å². The summed E-state index contributed by atoms with van der Waals surface area (Å²) in [6.45, 7) is 10.5. The molecule has 0 aliphatic rings. The maximum Gasteiger partial charge on any atom is 0.407 e. The molecular formula is C13H26N2O4S. The highest BCUT2D eigenvalue weighted by Crippen LogP contribution is 2.09. The molecule has 20 heavy (non-hydrogen) atoms. The number of likely N-dealkylation sites (N-methyl/N-ethyl adjacent to an activating group) is 1. The molecule has 0 bridgehead atoms. The molecule has 1 N–H and O–H groups in total. The van der Waals surface area contributed by atoms with Gasteiger partial charge in [-0.05, 0) is 41.8 Å². The average Bonchev–Trinajstić information content (AvgIpc) is 2.10. The Kier molecular flexibility index (Phi) is 6.70. The van der Waals surface area contributed by atoms with Gasteiger partial charge in [0.1, 0.15) is 5.60 Å². The maximum absolute atomic E-state index is 11.9. The van der Waals surface area contributed by atoms with Crippen molar-refractivity contribution in [1.29, 1.82) is 0 Å². The number of hydrogen-bond acceptors (Lipinski definition) is 5. The van der Waals surface area contributed by atoms with E-state index in [0.717, 1.165) is 0 Å². The van der Waals surface area contributed by atoms with Crippen molar-refractivity contribution in [1.82, 2.24) is 10.2 Å². The molecule has 0 saturated heterocycles. The number of nitrogens with one attached hydrogen (secondary N) is 1. The topological polar surface area (TPSA) is 75.7 Å². The normalized spacial score (nSPS) is 13.9. The molecule has 0 aromatic heterocycles. The maximum atomic E-state index is 11.9. The summed E-state index contributed by atoms with van der Waals surface area (Å²) in [4.78, 5) is 13.6. The Morgan fingerprint density at radius 3 is 2.20 bits per heavy atom. The number of ether oxygens (including phenoxy) is 1. The van der Waals surface area contributed by atoms with E-state index in [1.165, 1.54) is 6.92 Å². The fourth-order valence-electron chi connectivity index (χ4n) is 1.46. The Hall–Kier alpha value is -1.08. The van der Waals surface area contributed by atoms with Crippen LogP contribution in [0.3, 0.4) is 0 Å². The van der Waals surface area contributed by atoms with Crippen LogP contribution in [-0.4, -0.2) is 57.4 Å². The van der Waals surface area contributed by atoms with Gasteiger partial charge in [0.2, 0.25) is 0 Å². The molecule has 0 aromatic rings. The monoisotopic (exact) mass is 306 g/mol. The second-order valence-corrected chi connectivity index (χ2v) is 8.35. The van der Waals surface area contributed by atoms with Crippen molar-refractivity contribution in [3.05, 3.63) is 11.5 Å². The summed E-state index contributed by atoms with van der Waals surface area (Å²) in [5.41, 5.74) is -0.625. The highest BCUT2D eigenvalue weighted by atomic mass is 32.2. The lowest BCUT2D eigenvalue weighted by molar-refractivity contribution is 0.0503. The summed E-state index contributed by atoms with van der Waals surface area (Å²) < 4.78 is 28.9. The molecule has 0 aromatic carbocycles. The first-order valence-electron chi connectivity index (χ1n) is 6.36. The van der Waals surface area contributed by atoms with Gasteiger partial charge in [0.15, 0.2) is 9.84 Å². The van der Waals surface area contributed by atoms with Gasteiger partial charge in [0.05, 0.1) is 11.8 Å². The highest BCUT2D eigenvalue weighted by Gasteiger charge is 2.24. The van der Waals surface area contributed by atoms with Crippen molar-refractivity contribution in [2.75, 3.05) is 26.4 Å².